The Labute approximate surface area is 131 Å². The van der Waals surface area contributed by atoms with E-state index < -0.39 is 10.0 Å². The van der Waals surface area contributed by atoms with E-state index in [4.69, 9.17) is 11.6 Å². The van der Waals surface area contributed by atoms with Crippen molar-refractivity contribution in [2.75, 3.05) is 13.1 Å². The molecule has 1 aromatic heterocycles. The van der Waals surface area contributed by atoms with E-state index >= 15 is 0 Å². The highest BCUT2D eigenvalue weighted by atomic mass is 35.5. The number of alkyl halides is 1. The second kappa shape index (κ2) is 5.95. The third-order valence-electron chi connectivity index (χ3n) is 4.01. The molecule has 0 bridgehead atoms. The van der Waals surface area contributed by atoms with E-state index in [1.54, 1.807) is 10.4 Å². The van der Waals surface area contributed by atoms with Gasteiger partial charge in [0.25, 0.3) is 10.0 Å². The van der Waals surface area contributed by atoms with Crippen molar-refractivity contribution in [1.82, 2.24) is 4.31 Å². The molecule has 0 aromatic carbocycles. The number of hydrogen-bond acceptors (Lipinski definition) is 3. The van der Waals surface area contributed by atoms with Gasteiger partial charge in [0.2, 0.25) is 0 Å². The molecule has 114 valence electrons. The topological polar surface area (TPSA) is 37.4 Å². The monoisotopic (exact) mass is 335 g/mol. The van der Waals surface area contributed by atoms with Crippen molar-refractivity contribution < 1.29 is 8.42 Å². The van der Waals surface area contributed by atoms with Crippen LogP contribution in [-0.4, -0.2) is 25.8 Å². The summed E-state index contributed by atoms with van der Waals surface area (Å²) in [5.41, 5.74) is 1.20. The second-order valence-corrected chi connectivity index (χ2v) is 9.80. The first kappa shape index (κ1) is 16.3. The van der Waals surface area contributed by atoms with Crippen LogP contribution in [-0.2, 0) is 15.9 Å². The highest BCUT2D eigenvalue weighted by Gasteiger charge is 2.31. The zero-order valence-electron chi connectivity index (χ0n) is 12.3. The number of hydrogen-bond donors (Lipinski definition) is 0. The number of nitrogens with zero attached hydrogens (tertiary/aromatic N) is 1. The van der Waals surface area contributed by atoms with E-state index in [0.29, 0.717) is 23.2 Å². The summed E-state index contributed by atoms with van der Waals surface area (Å²) in [6.07, 6.45) is 2.92. The molecule has 0 radical (unpaired) electrons. The normalized spacial score (nSPS) is 20.8. The van der Waals surface area contributed by atoms with Gasteiger partial charge in [-0.1, -0.05) is 13.8 Å². The number of aryl methyl sites for hydroxylation is 1. The molecule has 0 N–H and O–H groups in total. The van der Waals surface area contributed by atoms with Crippen LogP contribution in [0.25, 0.3) is 0 Å². The summed E-state index contributed by atoms with van der Waals surface area (Å²) in [6.45, 7) is 7.58. The summed E-state index contributed by atoms with van der Waals surface area (Å²) in [4.78, 5) is 0.945. The molecular formula is C14H22ClNO2S2. The van der Waals surface area contributed by atoms with Crippen molar-refractivity contribution in [2.24, 2.45) is 5.41 Å². The van der Waals surface area contributed by atoms with Gasteiger partial charge in [0.15, 0.2) is 0 Å². The molecule has 0 unspecified atom stereocenters. The summed E-state index contributed by atoms with van der Waals surface area (Å²) in [5.74, 6) is 0.374. The van der Waals surface area contributed by atoms with Crippen LogP contribution in [0.15, 0.2) is 10.3 Å². The molecule has 2 heterocycles. The van der Waals surface area contributed by atoms with Gasteiger partial charge in [-0.15, -0.1) is 22.9 Å². The van der Waals surface area contributed by atoms with E-state index in [-0.39, 0.29) is 5.41 Å². The standard InChI is InChI=1S/C14H22ClNO2S2/c1-11-9-13(19-12(11)10-15)20(17,18)16-7-4-5-14(2,3)6-8-16/h9H,4-8,10H2,1-3H3. The van der Waals surface area contributed by atoms with Crippen LogP contribution in [0.1, 0.15) is 43.6 Å². The Morgan fingerprint density at radius 3 is 2.65 bits per heavy atom. The van der Waals surface area contributed by atoms with Crippen LogP contribution < -0.4 is 0 Å². The Morgan fingerprint density at radius 1 is 1.35 bits per heavy atom. The van der Waals surface area contributed by atoms with Crippen molar-refractivity contribution in [3.63, 3.8) is 0 Å². The lowest BCUT2D eigenvalue weighted by atomic mass is 9.85. The van der Waals surface area contributed by atoms with Gasteiger partial charge in [-0.05, 0) is 43.2 Å². The lowest BCUT2D eigenvalue weighted by molar-refractivity contribution is 0.315. The van der Waals surface area contributed by atoms with E-state index in [1.165, 1.54) is 11.3 Å². The van der Waals surface area contributed by atoms with Crippen LogP contribution in [0, 0.1) is 12.3 Å². The van der Waals surface area contributed by atoms with Gasteiger partial charge >= 0.3 is 0 Å². The van der Waals surface area contributed by atoms with Gasteiger partial charge < -0.3 is 0 Å². The number of halogens is 1. The van der Waals surface area contributed by atoms with Gasteiger partial charge in [0.1, 0.15) is 4.21 Å². The smallest absolute Gasteiger partial charge is 0.206 e. The first-order chi connectivity index (χ1) is 9.26. The molecule has 0 saturated carbocycles. The molecule has 1 aliphatic heterocycles. The maximum absolute atomic E-state index is 12.7. The van der Waals surface area contributed by atoms with Crippen molar-refractivity contribution in [3.8, 4) is 0 Å². The van der Waals surface area contributed by atoms with Gasteiger partial charge in [-0.2, -0.15) is 4.31 Å². The maximum atomic E-state index is 12.7. The Balaban J connectivity index is 2.25. The Hall–Kier alpha value is -0.100. The lowest BCUT2D eigenvalue weighted by Crippen LogP contribution is -2.32. The minimum absolute atomic E-state index is 0.233. The largest absolute Gasteiger partial charge is 0.252 e. The quantitative estimate of drug-likeness (QED) is 0.783. The maximum Gasteiger partial charge on any atom is 0.252 e. The first-order valence-corrected chi connectivity index (χ1v) is 9.71. The molecule has 3 nitrogen and oxygen atoms in total. The van der Waals surface area contributed by atoms with Gasteiger partial charge in [-0.3, -0.25) is 0 Å². The number of rotatable bonds is 3. The molecule has 1 saturated heterocycles. The Morgan fingerprint density at radius 2 is 2.05 bits per heavy atom. The number of thiophene rings is 1. The van der Waals surface area contributed by atoms with Crippen molar-refractivity contribution in [1.29, 1.82) is 0 Å². The van der Waals surface area contributed by atoms with Crippen molar-refractivity contribution in [3.05, 3.63) is 16.5 Å². The van der Waals surface area contributed by atoms with Crippen molar-refractivity contribution >= 4 is 33.0 Å². The summed E-state index contributed by atoms with van der Waals surface area (Å²) in [5, 5.41) is 0. The fourth-order valence-electron chi connectivity index (χ4n) is 2.51. The molecule has 1 aliphatic rings. The average molecular weight is 336 g/mol. The van der Waals surface area contributed by atoms with E-state index in [9.17, 15) is 8.42 Å². The fourth-order valence-corrected chi connectivity index (χ4v) is 5.96. The average Bonchev–Trinajstić information content (AvgIpc) is 2.64. The molecule has 0 aliphatic carbocycles. The second-order valence-electron chi connectivity index (χ2n) is 6.23. The molecular weight excluding hydrogens is 314 g/mol. The summed E-state index contributed by atoms with van der Waals surface area (Å²) in [7, 11) is -3.35. The van der Waals surface area contributed by atoms with Crippen LogP contribution in [0.2, 0.25) is 0 Å². The zero-order valence-corrected chi connectivity index (χ0v) is 14.7. The first-order valence-electron chi connectivity index (χ1n) is 6.92. The molecule has 1 fully saturated rings. The predicted octanol–water partition coefficient (Wildman–Crippen LogP) is 4.00. The van der Waals surface area contributed by atoms with Crippen molar-refractivity contribution in [2.45, 2.75) is 50.1 Å². The molecule has 1 aromatic rings. The molecule has 20 heavy (non-hydrogen) atoms. The minimum Gasteiger partial charge on any atom is -0.206 e. The van der Waals surface area contributed by atoms with Crippen LogP contribution in [0.4, 0.5) is 0 Å². The van der Waals surface area contributed by atoms with Crippen LogP contribution >= 0.6 is 22.9 Å². The molecule has 0 spiro atoms. The Bertz CT molecular complexity index is 578. The molecule has 2 rings (SSSR count). The lowest BCUT2D eigenvalue weighted by Gasteiger charge is -2.22. The van der Waals surface area contributed by atoms with Gasteiger partial charge in [-0.25, -0.2) is 8.42 Å². The Kier molecular flexibility index (Phi) is 4.84. The highest BCUT2D eigenvalue weighted by Crippen LogP contribution is 2.34. The third-order valence-corrected chi connectivity index (χ3v) is 8.02. The van der Waals surface area contributed by atoms with Gasteiger partial charge in [0, 0.05) is 18.0 Å². The van der Waals surface area contributed by atoms with E-state index in [0.717, 1.165) is 29.7 Å². The molecule has 6 heteroatoms. The van der Waals surface area contributed by atoms with Crippen LogP contribution in [0.5, 0.6) is 0 Å². The van der Waals surface area contributed by atoms with Crippen LogP contribution in [0.3, 0.4) is 0 Å². The zero-order chi connectivity index (χ0) is 15.0. The number of sulfonamides is 1. The summed E-state index contributed by atoms with van der Waals surface area (Å²) < 4.78 is 27.5. The summed E-state index contributed by atoms with van der Waals surface area (Å²) >= 11 is 7.15. The summed E-state index contributed by atoms with van der Waals surface area (Å²) in [6, 6.07) is 1.76. The van der Waals surface area contributed by atoms with E-state index in [2.05, 4.69) is 13.8 Å². The molecule has 0 amide bonds. The SMILES string of the molecule is Cc1cc(S(=O)(=O)N2CCCC(C)(C)CC2)sc1CCl. The highest BCUT2D eigenvalue weighted by molar-refractivity contribution is 7.91. The predicted molar refractivity (Wildman–Crippen MR) is 85.0 cm³/mol. The van der Waals surface area contributed by atoms with Gasteiger partial charge in [0.05, 0.1) is 5.88 Å². The molecule has 0 atom stereocenters. The fraction of sp³-hybridized carbons (Fsp3) is 0.714. The third kappa shape index (κ3) is 3.38. The minimum atomic E-state index is -3.35. The van der Waals surface area contributed by atoms with E-state index in [1.807, 2.05) is 6.92 Å².